The first-order chi connectivity index (χ1) is 6.29. The van der Waals surface area contributed by atoms with Gasteiger partial charge in [-0.1, -0.05) is 17.3 Å². The number of nitrogens with zero attached hydrogens (tertiary/aromatic N) is 2. The molecule has 0 spiro atoms. The number of aryl methyl sites for hydroxylation is 1. The SMILES string of the molecule is Cc1cccc(-c2ncon2)c1F. The third kappa shape index (κ3) is 1.30. The molecule has 0 amide bonds. The lowest BCUT2D eigenvalue weighted by Crippen LogP contribution is -1.89. The molecule has 1 aromatic carbocycles. The Hall–Kier alpha value is -1.71. The predicted octanol–water partition coefficient (Wildman–Crippen LogP) is 2.18. The fraction of sp³-hybridized carbons (Fsp3) is 0.111. The van der Waals surface area contributed by atoms with E-state index in [-0.39, 0.29) is 11.6 Å². The van der Waals surface area contributed by atoms with Crippen LogP contribution in [0.25, 0.3) is 11.4 Å². The van der Waals surface area contributed by atoms with E-state index in [0.717, 1.165) is 0 Å². The number of hydrogen-bond donors (Lipinski definition) is 0. The lowest BCUT2D eigenvalue weighted by atomic mass is 10.1. The molecule has 1 heterocycles. The summed E-state index contributed by atoms with van der Waals surface area (Å²) in [5.74, 6) is -0.0231. The van der Waals surface area contributed by atoms with Crippen molar-refractivity contribution < 1.29 is 8.91 Å². The number of halogens is 1. The summed E-state index contributed by atoms with van der Waals surface area (Å²) in [5.41, 5.74) is 0.941. The van der Waals surface area contributed by atoms with Crippen LogP contribution in [0.5, 0.6) is 0 Å². The molecular weight excluding hydrogens is 171 g/mol. The Morgan fingerprint density at radius 2 is 2.23 bits per heavy atom. The molecule has 1 aromatic heterocycles. The van der Waals surface area contributed by atoms with Crippen molar-refractivity contribution in [3.8, 4) is 11.4 Å². The number of rotatable bonds is 1. The van der Waals surface area contributed by atoms with Crippen molar-refractivity contribution in [1.29, 1.82) is 0 Å². The monoisotopic (exact) mass is 178 g/mol. The second kappa shape index (κ2) is 2.97. The van der Waals surface area contributed by atoms with Gasteiger partial charge in [0.05, 0.1) is 5.56 Å². The predicted molar refractivity (Wildman–Crippen MR) is 44.4 cm³/mol. The number of aromatic nitrogens is 2. The molecule has 13 heavy (non-hydrogen) atoms. The Labute approximate surface area is 74.2 Å². The first kappa shape index (κ1) is 7.91. The van der Waals surface area contributed by atoms with Crippen LogP contribution in [0.15, 0.2) is 29.1 Å². The molecule has 0 saturated carbocycles. The van der Waals surface area contributed by atoms with Crippen LogP contribution in [-0.2, 0) is 0 Å². The summed E-state index contributed by atoms with van der Waals surface area (Å²) >= 11 is 0. The molecule has 0 aliphatic rings. The second-order valence-electron chi connectivity index (χ2n) is 2.69. The quantitative estimate of drug-likeness (QED) is 0.671. The minimum atomic E-state index is -0.302. The number of hydrogen-bond acceptors (Lipinski definition) is 3. The molecule has 0 bridgehead atoms. The Morgan fingerprint density at radius 3 is 2.92 bits per heavy atom. The number of benzene rings is 1. The van der Waals surface area contributed by atoms with Crippen LogP contribution < -0.4 is 0 Å². The molecule has 4 heteroatoms. The highest BCUT2D eigenvalue weighted by Gasteiger charge is 2.10. The van der Waals surface area contributed by atoms with Gasteiger partial charge in [-0.05, 0) is 18.6 Å². The third-order valence-corrected chi connectivity index (χ3v) is 1.79. The molecule has 2 aromatic rings. The molecule has 0 aliphatic heterocycles. The van der Waals surface area contributed by atoms with Gasteiger partial charge in [0.15, 0.2) is 0 Å². The van der Waals surface area contributed by atoms with E-state index in [4.69, 9.17) is 0 Å². The van der Waals surface area contributed by atoms with E-state index in [1.807, 2.05) is 0 Å². The van der Waals surface area contributed by atoms with Crippen molar-refractivity contribution in [2.24, 2.45) is 0 Å². The van der Waals surface area contributed by atoms with Gasteiger partial charge in [0, 0.05) is 0 Å². The van der Waals surface area contributed by atoms with Gasteiger partial charge in [0.25, 0.3) is 0 Å². The van der Waals surface area contributed by atoms with E-state index < -0.39 is 0 Å². The largest absolute Gasteiger partial charge is 0.342 e. The standard InChI is InChI=1S/C9H7FN2O/c1-6-3-2-4-7(8(6)10)9-11-5-13-12-9/h2-5H,1H3. The fourth-order valence-corrected chi connectivity index (χ4v) is 1.11. The molecule has 0 unspecified atom stereocenters. The van der Waals surface area contributed by atoms with Crippen LogP contribution in [0.1, 0.15) is 5.56 Å². The maximum atomic E-state index is 13.4. The Morgan fingerprint density at radius 1 is 1.38 bits per heavy atom. The van der Waals surface area contributed by atoms with Crippen LogP contribution >= 0.6 is 0 Å². The highest BCUT2D eigenvalue weighted by Crippen LogP contribution is 2.20. The molecule has 0 N–H and O–H groups in total. The van der Waals surface area contributed by atoms with Crippen molar-refractivity contribution in [1.82, 2.24) is 10.1 Å². The van der Waals surface area contributed by atoms with E-state index in [0.29, 0.717) is 11.1 Å². The van der Waals surface area contributed by atoms with Crippen molar-refractivity contribution in [3.05, 3.63) is 36.0 Å². The third-order valence-electron chi connectivity index (χ3n) is 1.79. The zero-order valence-corrected chi connectivity index (χ0v) is 6.99. The zero-order valence-electron chi connectivity index (χ0n) is 6.99. The van der Waals surface area contributed by atoms with Gasteiger partial charge in [-0.2, -0.15) is 4.98 Å². The molecular formula is C9H7FN2O. The van der Waals surface area contributed by atoms with E-state index >= 15 is 0 Å². The first-order valence-corrected chi connectivity index (χ1v) is 3.81. The molecule has 66 valence electrons. The molecule has 0 aliphatic carbocycles. The van der Waals surface area contributed by atoms with Gasteiger partial charge in [-0.3, -0.25) is 0 Å². The fourth-order valence-electron chi connectivity index (χ4n) is 1.11. The summed E-state index contributed by atoms with van der Waals surface area (Å²) in [5, 5.41) is 3.56. The highest BCUT2D eigenvalue weighted by atomic mass is 19.1. The summed E-state index contributed by atoms with van der Waals surface area (Å²) in [6.45, 7) is 1.69. The molecule has 0 radical (unpaired) electrons. The summed E-state index contributed by atoms with van der Waals surface area (Å²) in [6.07, 6.45) is 1.18. The first-order valence-electron chi connectivity index (χ1n) is 3.81. The van der Waals surface area contributed by atoms with Crippen LogP contribution in [-0.4, -0.2) is 10.1 Å². The lowest BCUT2D eigenvalue weighted by molar-refractivity contribution is 0.418. The Bertz CT molecular complexity index is 412. The second-order valence-corrected chi connectivity index (χ2v) is 2.69. The van der Waals surface area contributed by atoms with E-state index in [9.17, 15) is 4.39 Å². The highest BCUT2D eigenvalue weighted by molar-refractivity contribution is 5.56. The minimum absolute atomic E-state index is 0.279. The smallest absolute Gasteiger partial charge is 0.214 e. The maximum Gasteiger partial charge on any atom is 0.214 e. The molecule has 3 nitrogen and oxygen atoms in total. The zero-order chi connectivity index (χ0) is 9.26. The molecule has 0 saturated heterocycles. The van der Waals surface area contributed by atoms with Gasteiger partial charge in [-0.15, -0.1) is 0 Å². The average Bonchev–Trinajstić information content (AvgIpc) is 2.62. The van der Waals surface area contributed by atoms with Gasteiger partial charge in [0.1, 0.15) is 5.82 Å². The lowest BCUT2D eigenvalue weighted by Gasteiger charge is -1.99. The van der Waals surface area contributed by atoms with Crippen LogP contribution in [0.4, 0.5) is 4.39 Å². The topological polar surface area (TPSA) is 38.9 Å². The summed E-state index contributed by atoms with van der Waals surface area (Å²) in [4.78, 5) is 3.77. The van der Waals surface area contributed by atoms with Crippen molar-refractivity contribution in [2.45, 2.75) is 6.92 Å². The van der Waals surface area contributed by atoms with Gasteiger partial charge in [-0.25, -0.2) is 4.39 Å². The summed E-state index contributed by atoms with van der Waals surface area (Å²) in [7, 11) is 0. The Balaban J connectivity index is 2.59. The summed E-state index contributed by atoms with van der Waals surface area (Å²) in [6, 6.07) is 5.07. The van der Waals surface area contributed by atoms with Crippen molar-refractivity contribution in [3.63, 3.8) is 0 Å². The maximum absolute atomic E-state index is 13.4. The van der Waals surface area contributed by atoms with Crippen molar-refractivity contribution >= 4 is 0 Å². The van der Waals surface area contributed by atoms with E-state index in [1.54, 1.807) is 25.1 Å². The van der Waals surface area contributed by atoms with E-state index in [2.05, 4.69) is 14.7 Å². The van der Waals surface area contributed by atoms with Crippen LogP contribution in [0.2, 0.25) is 0 Å². The molecule has 0 fully saturated rings. The van der Waals surface area contributed by atoms with Crippen molar-refractivity contribution in [2.75, 3.05) is 0 Å². The van der Waals surface area contributed by atoms with Gasteiger partial charge < -0.3 is 4.52 Å². The van der Waals surface area contributed by atoms with Crippen LogP contribution in [0.3, 0.4) is 0 Å². The normalized spacial score (nSPS) is 10.3. The minimum Gasteiger partial charge on any atom is -0.342 e. The summed E-state index contributed by atoms with van der Waals surface area (Å²) < 4.78 is 18.0. The van der Waals surface area contributed by atoms with Gasteiger partial charge >= 0.3 is 0 Å². The van der Waals surface area contributed by atoms with E-state index in [1.165, 1.54) is 6.39 Å². The molecule has 2 rings (SSSR count). The molecule has 0 atom stereocenters. The average molecular weight is 178 g/mol. The van der Waals surface area contributed by atoms with Crippen LogP contribution in [0, 0.1) is 12.7 Å². The Kier molecular flexibility index (Phi) is 1.81. The van der Waals surface area contributed by atoms with Gasteiger partial charge in [0.2, 0.25) is 12.2 Å².